The SMILES string of the molecule is COc1ccc(Oc2c(C)oc3cc(OC(=O)c4cccc(OC)c4)ccc3c2=O)cc1. The normalized spacial score (nSPS) is 10.6. The molecule has 0 spiro atoms. The van der Waals surface area contributed by atoms with Gasteiger partial charge in [0, 0.05) is 6.07 Å². The fourth-order valence-corrected chi connectivity index (χ4v) is 3.13. The summed E-state index contributed by atoms with van der Waals surface area (Å²) in [5, 5.41) is 0.306. The number of hydrogen-bond acceptors (Lipinski definition) is 7. The second kappa shape index (κ2) is 8.85. The maximum atomic E-state index is 13.0. The third kappa shape index (κ3) is 4.27. The summed E-state index contributed by atoms with van der Waals surface area (Å²) in [5.41, 5.74) is 0.293. The van der Waals surface area contributed by atoms with Crippen molar-refractivity contribution in [1.29, 1.82) is 0 Å². The standard InChI is InChI=1S/C25H20O7/c1-15-24(31-18-9-7-17(28-2)8-10-18)23(26)21-12-11-20(14-22(21)30-15)32-25(27)16-5-4-6-19(13-16)29-3/h4-14H,1-3H3. The number of ether oxygens (including phenoxy) is 4. The van der Waals surface area contributed by atoms with E-state index in [4.69, 9.17) is 23.4 Å². The monoisotopic (exact) mass is 432 g/mol. The van der Waals surface area contributed by atoms with Gasteiger partial charge in [-0.2, -0.15) is 0 Å². The lowest BCUT2D eigenvalue weighted by atomic mass is 10.2. The van der Waals surface area contributed by atoms with Gasteiger partial charge < -0.3 is 23.4 Å². The van der Waals surface area contributed by atoms with Crippen LogP contribution >= 0.6 is 0 Å². The summed E-state index contributed by atoms with van der Waals surface area (Å²) in [6.45, 7) is 1.63. The van der Waals surface area contributed by atoms with Crippen molar-refractivity contribution in [2.45, 2.75) is 6.92 Å². The maximum Gasteiger partial charge on any atom is 0.343 e. The Kier molecular flexibility index (Phi) is 5.81. The molecule has 0 fully saturated rings. The van der Waals surface area contributed by atoms with Crippen LogP contribution in [0.2, 0.25) is 0 Å². The van der Waals surface area contributed by atoms with Crippen LogP contribution in [-0.4, -0.2) is 20.2 Å². The molecule has 0 aliphatic rings. The molecule has 0 aliphatic heterocycles. The molecule has 0 aliphatic carbocycles. The molecular formula is C25H20O7. The van der Waals surface area contributed by atoms with E-state index < -0.39 is 5.97 Å². The Labute approximate surface area is 183 Å². The molecule has 1 heterocycles. The lowest BCUT2D eigenvalue weighted by Gasteiger charge is -2.10. The Bertz CT molecular complexity index is 1340. The van der Waals surface area contributed by atoms with Gasteiger partial charge >= 0.3 is 5.97 Å². The number of aryl methyl sites for hydroxylation is 1. The second-order valence-electron chi connectivity index (χ2n) is 6.87. The highest BCUT2D eigenvalue weighted by atomic mass is 16.5. The highest BCUT2D eigenvalue weighted by Crippen LogP contribution is 2.28. The van der Waals surface area contributed by atoms with E-state index in [9.17, 15) is 9.59 Å². The van der Waals surface area contributed by atoms with Crippen molar-refractivity contribution in [3.8, 4) is 28.7 Å². The molecule has 4 aromatic rings. The highest BCUT2D eigenvalue weighted by molar-refractivity contribution is 5.92. The Morgan fingerprint density at radius 3 is 2.22 bits per heavy atom. The molecule has 0 unspecified atom stereocenters. The minimum absolute atomic E-state index is 0.0868. The number of carbonyl (C=O) groups excluding carboxylic acids is 1. The van der Waals surface area contributed by atoms with Gasteiger partial charge in [0.2, 0.25) is 11.2 Å². The largest absolute Gasteiger partial charge is 0.497 e. The smallest absolute Gasteiger partial charge is 0.343 e. The van der Waals surface area contributed by atoms with Crippen molar-refractivity contribution in [2.75, 3.05) is 14.2 Å². The van der Waals surface area contributed by atoms with Crippen molar-refractivity contribution in [1.82, 2.24) is 0 Å². The van der Waals surface area contributed by atoms with Gasteiger partial charge in [-0.15, -0.1) is 0 Å². The molecule has 7 heteroatoms. The third-order valence-electron chi connectivity index (χ3n) is 4.78. The summed E-state index contributed by atoms with van der Waals surface area (Å²) < 4.78 is 27.2. The van der Waals surface area contributed by atoms with Gasteiger partial charge in [0.1, 0.15) is 34.3 Å². The van der Waals surface area contributed by atoms with Crippen LogP contribution in [0.1, 0.15) is 16.1 Å². The van der Waals surface area contributed by atoms with Gasteiger partial charge in [-0.25, -0.2) is 4.79 Å². The van der Waals surface area contributed by atoms with E-state index in [1.54, 1.807) is 62.6 Å². The molecule has 32 heavy (non-hydrogen) atoms. The number of carbonyl (C=O) groups is 1. The van der Waals surface area contributed by atoms with Crippen LogP contribution in [-0.2, 0) is 0 Å². The molecule has 162 valence electrons. The number of methoxy groups -OCH3 is 2. The number of fused-ring (bicyclic) bond motifs is 1. The lowest BCUT2D eigenvalue weighted by molar-refractivity contribution is 0.0734. The third-order valence-corrected chi connectivity index (χ3v) is 4.78. The van der Waals surface area contributed by atoms with Gasteiger partial charge in [0.15, 0.2) is 0 Å². The van der Waals surface area contributed by atoms with E-state index in [1.807, 2.05) is 0 Å². The average Bonchev–Trinajstić information content (AvgIpc) is 2.82. The van der Waals surface area contributed by atoms with Crippen LogP contribution in [0.15, 0.2) is 75.9 Å². The van der Waals surface area contributed by atoms with Gasteiger partial charge in [-0.3, -0.25) is 4.79 Å². The van der Waals surface area contributed by atoms with Crippen LogP contribution in [0.4, 0.5) is 0 Å². The molecule has 0 saturated carbocycles. The van der Waals surface area contributed by atoms with Crippen LogP contribution in [0.25, 0.3) is 11.0 Å². The van der Waals surface area contributed by atoms with Crippen LogP contribution in [0.3, 0.4) is 0 Å². The maximum absolute atomic E-state index is 13.0. The molecule has 0 bridgehead atoms. The molecule has 0 amide bonds. The zero-order valence-electron chi connectivity index (χ0n) is 17.7. The predicted molar refractivity (Wildman–Crippen MR) is 118 cm³/mol. The van der Waals surface area contributed by atoms with Gasteiger partial charge in [-0.1, -0.05) is 6.07 Å². The molecule has 4 rings (SSSR count). The number of esters is 1. The quantitative estimate of drug-likeness (QED) is 0.308. The average molecular weight is 432 g/mol. The second-order valence-corrected chi connectivity index (χ2v) is 6.87. The van der Waals surface area contributed by atoms with Crippen molar-refractivity contribution in [3.63, 3.8) is 0 Å². The van der Waals surface area contributed by atoms with Crippen LogP contribution in [0, 0.1) is 6.92 Å². The molecule has 0 N–H and O–H groups in total. The topological polar surface area (TPSA) is 84.2 Å². The minimum atomic E-state index is -0.554. The fraction of sp³-hybridized carbons (Fsp3) is 0.120. The Morgan fingerprint density at radius 1 is 0.812 bits per heavy atom. The van der Waals surface area contributed by atoms with Crippen molar-refractivity contribution in [3.05, 3.63) is 88.3 Å². The lowest BCUT2D eigenvalue weighted by Crippen LogP contribution is -2.10. The minimum Gasteiger partial charge on any atom is -0.497 e. The van der Waals surface area contributed by atoms with Crippen molar-refractivity contribution >= 4 is 16.9 Å². The Morgan fingerprint density at radius 2 is 1.50 bits per heavy atom. The first kappa shape index (κ1) is 21.0. The molecule has 0 saturated heterocycles. The summed E-state index contributed by atoms with van der Waals surface area (Å²) in [7, 11) is 3.09. The van der Waals surface area contributed by atoms with Crippen LogP contribution in [0.5, 0.6) is 28.7 Å². The molecule has 0 radical (unpaired) electrons. The first-order valence-electron chi connectivity index (χ1n) is 9.74. The van der Waals surface area contributed by atoms with E-state index in [0.717, 1.165) is 0 Å². The van der Waals surface area contributed by atoms with E-state index in [0.29, 0.717) is 34.0 Å². The summed E-state index contributed by atoms with van der Waals surface area (Å²) in [5.74, 6) is 1.78. The number of hydrogen-bond donors (Lipinski definition) is 0. The number of benzene rings is 3. The highest BCUT2D eigenvalue weighted by Gasteiger charge is 2.16. The summed E-state index contributed by atoms with van der Waals surface area (Å²) in [6.07, 6.45) is 0. The molecule has 3 aromatic carbocycles. The van der Waals surface area contributed by atoms with E-state index in [2.05, 4.69) is 0 Å². The van der Waals surface area contributed by atoms with Gasteiger partial charge in [-0.05, 0) is 61.5 Å². The van der Waals surface area contributed by atoms with Crippen molar-refractivity contribution < 1.29 is 28.2 Å². The van der Waals surface area contributed by atoms with E-state index in [1.165, 1.54) is 25.3 Å². The Hall–Kier alpha value is -4.26. The molecule has 7 nitrogen and oxygen atoms in total. The molecular weight excluding hydrogens is 412 g/mol. The van der Waals surface area contributed by atoms with Gasteiger partial charge in [0.05, 0.1) is 25.2 Å². The van der Waals surface area contributed by atoms with E-state index >= 15 is 0 Å². The first-order valence-corrected chi connectivity index (χ1v) is 9.74. The Balaban J connectivity index is 1.61. The fourth-order valence-electron chi connectivity index (χ4n) is 3.13. The first-order chi connectivity index (χ1) is 15.5. The zero-order valence-corrected chi connectivity index (χ0v) is 17.7. The van der Waals surface area contributed by atoms with Gasteiger partial charge in [0.25, 0.3) is 0 Å². The van der Waals surface area contributed by atoms with Crippen molar-refractivity contribution in [2.24, 2.45) is 0 Å². The predicted octanol–water partition coefficient (Wildman–Crippen LogP) is 5.13. The van der Waals surface area contributed by atoms with E-state index in [-0.39, 0.29) is 22.5 Å². The van der Waals surface area contributed by atoms with Crippen LogP contribution < -0.4 is 24.4 Å². The molecule has 0 atom stereocenters. The summed E-state index contributed by atoms with van der Waals surface area (Å²) in [6, 6.07) is 18.1. The zero-order chi connectivity index (χ0) is 22.7. The number of rotatable bonds is 6. The summed E-state index contributed by atoms with van der Waals surface area (Å²) in [4.78, 5) is 25.4. The molecule has 1 aromatic heterocycles. The summed E-state index contributed by atoms with van der Waals surface area (Å²) >= 11 is 0.